The summed E-state index contributed by atoms with van der Waals surface area (Å²) in [4.78, 5) is 0. The van der Waals surface area contributed by atoms with E-state index in [4.69, 9.17) is 0 Å². The van der Waals surface area contributed by atoms with Gasteiger partial charge in [-0.3, -0.25) is 0 Å². The van der Waals surface area contributed by atoms with E-state index in [1.165, 1.54) is 49.7 Å². The first-order valence-corrected chi connectivity index (χ1v) is 9.80. The molecule has 0 fully saturated rings. The highest BCUT2D eigenvalue weighted by atomic mass is 14.2. The Morgan fingerprint density at radius 1 is 0.625 bits per heavy atom. The maximum atomic E-state index is 2.37. The van der Waals surface area contributed by atoms with Gasteiger partial charge in [-0.05, 0) is 48.1 Å². The van der Waals surface area contributed by atoms with Gasteiger partial charge in [-0.15, -0.1) is 0 Å². The molecule has 0 radical (unpaired) electrons. The average Bonchev–Trinajstić information content (AvgIpc) is 2.65. The summed E-state index contributed by atoms with van der Waals surface area (Å²) in [6.45, 7) is 7.10. The molecule has 2 rings (SSSR count). The molecule has 0 N–H and O–H groups in total. The molecule has 0 aliphatic carbocycles. The fraction of sp³-hybridized carbons (Fsp3) is 0.500. The van der Waals surface area contributed by atoms with E-state index in [0.717, 1.165) is 5.92 Å². The van der Waals surface area contributed by atoms with E-state index < -0.39 is 0 Å². The molecule has 0 spiro atoms. The normalized spacial score (nSPS) is 15.0. The molecular weight excluding hydrogens is 288 g/mol. The highest BCUT2D eigenvalue weighted by molar-refractivity contribution is 5.19. The smallest absolute Gasteiger partial charge is 0.0190 e. The van der Waals surface area contributed by atoms with Crippen molar-refractivity contribution in [3.8, 4) is 0 Å². The van der Waals surface area contributed by atoms with Gasteiger partial charge in [0.15, 0.2) is 0 Å². The van der Waals surface area contributed by atoms with Crippen LogP contribution in [0.2, 0.25) is 0 Å². The molecule has 0 heteroatoms. The Labute approximate surface area is 149 Å². The van der Waals surface area contributed by atoms with Crippen LogP contribution in [0.3, 0.4) is 0 Å². The van der Waals surface area contributed by atoms with Crippen molar-refractivity contribution in [1.82, 2.24) is 0 Å². The largest absolute Gasteiger partial charge is 0.0651 e. The third kappa shape index (κ3) is 6.15. The van der Waals surface area contributed by atoms with Crippen LogP contribution in [0.15, 0.2) is 60.7 Å². The van der Waals surface area contributed by atoms with E-state index in [1.807, 2.05) is 0 Å². The highest BCUT2D eigenvalue weighted by Gasteiger charge is 2.12. The first kappa shape index (κ1) is 18.8. The van der Waals surface area contributed by atoms with Gasteiger partial charge in [0.1, 0.15) is 0 Å². The second-order valence-corrected chi connectivity index (χ2v) is 7.41. The molecule has 24 heavy (non-hydrogen) atoms. The van der Waals surface area contributed by atoms with Crippen LogP contribution in [0.25, 0.3) is 0 Å². The minimum absolute atomic E-state index is 0.684. The van der Waals surface area contributed by atoms with Crippen LogP contribution in [0.5, 0.6) is 0 Å². The van der Waals surface area contributed by atoms with Crippen LogP contribution >= 0.6 is 0 Å². The van der Waals surface area contributed by atoms with Crippen LogP contribution in [0.4, 0.5) is 0 Å². The second-order valence-electron chi connectivity index (χ2n) is 7.41. The van der Waals surface area contributed by atoms with Gasteiger partial charge in [0, 0.05) is 0 Å². The minimum Gasteiger partial charge on any atom is -0.0651 e. The summed E-state index contributed by atoms with van der Waals surface area (Å²) < 4.78 is 0. The molecule has 2 aromatic carbocycles. The Balaban J connectivity index is 1.70. The summed E-state index contributed by atoms with van der Waals surface area (Å²) in [6, 6.07) is 21.9. The lowest BCUT2D eigenvalue weighted by atomic mass is 9.86. The number of benzene rings is 2. The lowest BCUT2D eigenvalue weighted by Crippen LogP contribution is -2.03. The Hall–Kier alpha value is -1.56. The molecule has 130 valence electrons. The molecule has 0 aliphatic heterocycles. The van der Waals surface area contributed by atoms with Crippen molar-refractivity contribution >= 4 is 0 Å². The van der Waals surface area contributed by atoms with Gasteiger partial charge in [-0.1, -0.05) is 101 Å². The molecule has 2 aromatic rings. The Morgan fingerprint density at radius 3 is 1.62 bits per heavy atom. The zero-order valence-corrected chi connectivity index (χ0v) is 15.7. The highest BCUT2D eigenvalue weighted by Crippen LogP contribution is 2.28. The van der Waals surface area contributed by atoms with Crippen molar-refractivity contribution in [1.29, 1.82) is 0 Å². The third-order valence-electron chi connectivity index (χ3n) is 5.57. The van der Waals surface area contributed by atoms with E-state index in [1.54, 1.807) is 0 Å². The van der Waals surface area contributed by atoms with Crippen LogP contribution < -0.4 is 0 Å². The fourth-order valence-electron chi connectivity index (χ4n) is 3.65. The van der Waals surface area contributed by atoms with Crippen LogP contribution in [0.1, 0.15) is 82.3 Å². The quantitative estimate of drug-likeness (QED) is 0.423. The Bertz CT molecular complexity index is 543. The predicted molar refractivity (Wildman–Crippen MR) is 107 cm³/mol. The van der Waals surface area contributed by atoms with Crippen molar-refractivity contribution in [2.45, 2.75) is 71.1 Å². The zero-order valence-electron chi connectivity index (χ0n) is 15.7. The molecular formula is C24H34. The van der Waals surface area contributed by atoms with E-state index in [9.17, 15) is 0 Å². The van der Waals surface area contributed by atoms with E-state index in [2.05, 4.69) is 81.4 Å². The predicted octanol–water partition coefficient (Wildman–Crippen LogP) is 7.57. The van der Waals surface area contributed by atoms with Crippen molar-refractivity contribution in [3.05, 3.63) is 71.8 Å². The number of hydrogen-bond acceptors (Lipinski definition) is 0. The van der Waals surface area contributed by atoms with Gasteiger partial charge in [-0.2, -0.15) is 0 Å². The summed E-state index contributed by atoms with van der Waals surface area (Å²) in [5.41, 5.74) is 2.98. The van der Waals surface area contributed by atoms with Crippen LogP contribution in [-0.2, 0) is 0 Å². The topological polar surface area (TPSA) is 0 Å². The van der Waals surface area contributed by atoms with Crippen molar-refractivity contribution in [2.24, 2.45) is 5.92 Å². The monoisotopic (exact) mass is 322 g/mol. The molecule has 0 amide bonds. The first-order valence-electron chi connectivity index (χ1n) is 9.80. The van der Waals surface area contributed by atoms with Gasteiger partial charge in [-0.25, -0.2) is 0 Å². The average molecular weight is 323 g/mol. The zero-order chi connectivity index (χ0) is 17.2. The molecule has 0 aliphatic rings. The Kier molecular flexibility index (Phi) is 8.08. The van der Waals surface area contributed by atoms with Gasteiger partial charge in [0.2, 0.25) is 0 Å². The summed E-state index contributed by atoms with van der Waals surface area (Å²) in [6.07, 6.45) is 8.06. The van der Waals surface area contributed by atoms with E-state index >= 15 is 0 Å². The summed E-state index contributed by atoms with van der Waals surface area (Å²) in [5, 5.41) is 0. The molecule has 3 unspecified atom stereocenters. The van der Waals surface area contributed by atoms with Crippen molar-refractivity contribution < 1.29 is 0 Å². The first-order chi connectivity index (χ1) is 11.7. The molecule has 0 bridgehead atoms. The van der Waals surface area contributed by atoms with Gasteiger partial charge in [0.25, 0.3) is 0 Å². The minimum atomic E-state index is 0.684. The summed E-state index contributed by atoms with van der Waals surface area (Å²) in [7, 11) is 0. The number of rotatable bonds is 10. The molecule has 0 aromatic heterocycles. The SMILES string of the molecule is CCC(CCCC(C)c1ccccc1)CCC(C)c1ccccc1. The lowest BCUT2D eigenvalue weighted by Gasteiger charge is -2.19. The molecule has 0 heterocycles. The molecule has 0 nitrogen and oxygen atoms in total. The number of hydrogen-bond donors (Lipinski definition) is 0. The lowest BCUT2D eigenvalue weighted by molar-refractivity contribution is 0.388. The van der Waals surface area contributed by atoms with Gasteiger partial charge in [0.05, 0.1) is 0 Å². The second kappa shape index (κ2) is 10.3. The van der Waals surface area contributed by atoms with Crippen molar-refractivity contribution in [2.75, 3.05) is 0 Å². The van der Waals surface area contributed by atoms with Crippen LogP contribution in [0, 0.1) is 5.92 Å². The van der Waals surface area contributed by atoms with Crippen molar-refractivity contribution in [3.63, 3.8) is 0 Å². The van der Waals surface area contributed by atoms with Gasteiger partial charge >= 0.3 is 0 Å². The van der Waals surface area contributed by atoms with E-state index in [-0.39, 0.29) is 0 Å². The molecule has 0 saturated carbocycles. The Morgan fingerprint density at radius 2 is 1.12 bits per heavy atom. The van der Waals surface area contributed by atoms with Gasteiger partial charge < -0.3 is 0 Å². The molecule has 0 saturated heterocycles. The molecule has 3 atom stereocenters. The summed E-state index contributed by atoms with van der Waals surface area (Å²) >= 11 is 0. The van der Waals surface area contributed by atoms with E-state index in [0.29, 0.717) is 11.8 Å². The standard InChI is InChI=1S/C24H34/c1-4-22(19-18-21(3)24-16-9-6-10-17-24)13-11-12-20(2)23-14-7-5-8-15-23/h5-10,14-17,20-22H,4,11-13,18-19H2,1-3H3. The summed E-state index contributed by atoms with van der Waals surface area (Å²) in [5.74, 6) is 2.26. The fourth-order valence-corrected chi connectivity index (χ4v) is 3.65. The van der Waals surface area contributed by atoms with Crippen LogP contribution in [-0.4, -0.2) is 0 Å². The maximum absolute atomic E-state index is 2.37. The third-order valence-corrected chi connectivity index (χ3v) is 5.57. The maximum Gasteiger partial charge on any atom is -0.0190 e.